The van der Waals surface area contributed by atoms with Gasteiger partial charge in [-0.1, -0.05) is 18.2 Å². The van der Waals surface area contributed by atoms with Crippen molar-refractivity contribution in [2.45, 2.75) is 25.1 Å². The maximum Gasteiger partial charge on any atom is 0.416 e. The van der Waals surface area contributed by atoms with Crippen LogP contribution in [0.15, 0.2) is 23.8 Å². The minimum Gasteiger partial charge on any atom is -0.481 e. The molecule has 0 bridgehead atoms. The molecule has 0 spiro atoms. The van der Waals surface area contributed by atoms with E-state index in [1.165, 1.54) is 6.08 Å². The summed E-state index contributed by atoms with van der Waals surface area (Å²) >= 11 is 0. The lowest BCUT2D eigenvalue weighted by Gasteiger charge is -2.35. The quantitative estimate of drug-likeness (QED) is 0.805. The van der Waals surface area contributed by atoms with Crippen LogP contribution in [-0.2, 0) is 9.59 Å². The van der Waals surface area contributed by atoms with Crippen LogP contribution in [0.5, 0.6) is 0 Å². The third-order valence-corrected chi connectivity index (χ3v) is 3.32. The van der Waals surface area contributed by atoms with E-state index in [2.05, 4.69) is 5.32 Å². The van der Waals surface area contributed by atoms with Crippen LogP contribution in [0.3, 0.4) is 0 Å². The number of carbonyl (C=O) groups excluding carboxylic acids is 1. The summed E-state index contributed by atoms with van der Waals surface area (Å²) in [4.78, 5) is 22.2. The van der Waals surface area contributed by atoms with Crippen molar-refractivity contribution >= 4 is 11.9 Å². The molecule has 19 heavy (non-hydrogen) atoms. The van der Waals surface area contributed by atoms with Gasteiger partial charge < -0.3 is 10.4 Å². The van der Waals surface area contributed by atoms with E-state index in [-0.39, 0.29) is 12.8 Å². The Kier molecular flexibility index (Phi) is 3.38. The number of fused-ring (bicyclic) bond motifs is 1. The van der Waals surface area contributed by atoms with Gasteiger partial charge >= 0.3 is 12.1 Å². The molecule has 0 aromatic heterocycles. The molecule has 0 saturated carbocycles. The number of carboxylic acid groups (broad SMARTS) is 1. The summed E-state index contributed by atoms with van der Waals surface area (Å²) in [6, 6.07) is -0.483. The number of aliphatic carboxylic acids is 1. The van der Waals surface area contributed by atoms with Crippen molar-refractivity contribution in [2.24, 2.45) is 11.8 Å². The lowest BCUT2D eigenvalue weighted by molar-refractivity contribution is -0.142. The average molecular weight is 275 g/mol. The highest BCUT2D eigenvalue weighted by molar-refractivity contribution is 5.84. The summed E-state index contributed by atoms with van der Waals surface area (Å²) in [5, 5.41) is 11.2. The van der Waals surface area contributed by atoms with Gasteiger partial charge in [-0.3, -0.25) is 9.59 Å². The van der Waals surface area contributed by atoms with Crippen molar-refractivity contribution in [3.05, 3.63) is 23.8 Å². The second-order valence-electron chi connectivity index (χ2n) is 4.71. The Morgan fingerprint density at radius 3 is 2.74 bits per heavy atom. The number of carboxylic acids is 1. The van der Waals surface area contributed by atoms with E-state index in [0.717, 1.165) is 12.2 Å². The number of amides is 1. The topological polar surface area (TPSA) is 66.4 Å². The third kappa shape index (κ3) is 2.97. The van der Waals surface area contributed by atoms with Gasteiger partial charge in [0.2, 0.25) is 5.91 Å². The van der Waals surface area contributed by atoms with E-state index in [4.69, 9.17) is 5.11 Å². The second-order valence-corrected chi connectivity index (χ2v) is 4.71. The number of hydrogen-bond donors (Lipinski definition) is 2. The molecule has 4 nitrogen and oxygen atoms in total. The van der Waals surface area contributed by atoms with Gasteiger partial charge in [0.05, 0.1) is 18.0 Å². The van der Waals surface area contributed by atoms with Gasteiger partial charge in [0.1, 0.15) is 0 Å². The third-order valence-electron chi connectivity index (χ3n) is 3.32. The molecule has 3 atom stereocenters. The first-order valence-electron chi connectivity index (χ1n) is 5.77. The van der Waals surface area contributed by atoms with E-state index in [9.17, 15) is 22.8 Å². The highest BCUT2D eigenvalue weighted by atomic mass is 19.4. The Bertz CT molecular complexity index is 467. The van der Waals surface area contributed by atoms with Crippen LogP contribution in [0.25, 0.3) is 0 Å². The molecule has 1 aliphatic heterocycles. The van der Waals surface area contributed by atoms with Gasteiger partial charge in [-0.25, -0.2) is 0 Å². The predicted octanol–water partition coefficient (Wildman–Crippen LogP) is 1.64. The first-order valence-corrected chi connectivity index (χ1v) is 5.77. The Labute approximate surface area is 107 Å². The van der Waals surface area contributed by atoms with E-state index < -0.39 is 41.5 Å². The van der Waals surface area contributed by atoms with Gasteiger partial charge in [0, 0.05) is 11.8 Å². The van der Waals surface area contributed by atoms with E-state index >= 15 is 0 Å². The smallest absolute Gasteiger partial charge is 0.416 e. The molecule has 1 amide bonds. The standard InChI is InChI=1S/C12H12F3NO3/c13-12(14,15)8-1-2-9-6(4-8)3-7(5-10(17)18)11(19)16-9/h1-2,4,6-7,9H,3,5H2,(H,16,19)(H,17,18). The molecule has 3 unspecified atom stereocenters. The van der Waals surface area contributed by atoms with Crippen molar-refractivity contribution in [1.29, 1.82) is 0 Å². The largest absolute Gasteiger partial charge is 0.481 e. The summed E-state index contributed by atoms with van der Waals surface area (Å²) in [5.41, 5.74) is -0.751. The Morgan fingerprint density at radius 2 is 2.16 bits per heavy atom. The van der Waals surface area contributed by atoms with Gasteiger partial charge in [-0.15, -0.1) is 0 Å². The number of allylic oxidation sites excluding steroid dienone is 2. The summed E-state index contributed by atoms with van der Waals surface area (Å²) in [6.45, 7) is 0. The molecule has 104 valence electrons. The maximum atomic E-state index is 12.6. The fourth-order valence-electron chi connectivity index (χ4n) is 2.40. The number of alkyl halides is 3. The molecule has 7 heteroatoms. The molecule has 0 aromatic rings. The maximum absolute atomic E-state index is 12.6. The summed E-state index contributed by atoms with van der Waals surface area (Å²) < 4.78 is 37.7. The normalized spacial score (nSPS) is 30.4. The molecule has 1 aliphatic carbocycles. The van der Waals surface area contributed by atoms with Crippen molar-refractivity contribution < 1.29 is 27.9 Å². The predicted molar refractivity (Wildman–Crippen MR) is 59.1 cm³/mol. The fourth-order valence-corrected chi connectivity index (χ4v) is 2.40. The Balaban J connectivity index is 2.15. The average Bonchev–Trinajstić information content (AvgIpc) is 2.27. The van der Waals surface area contributed by atoms with Crippen molar-refractivity contribution in [2.75, 3.05) is 0 Å². The number of piperidine rings is 1. The second kappa shape index (κ2) is 4.71. The Hall–Kier alpha value is -1.79. The van der Waals surface area contributed by atoms with Crippen LogP contribution in [0.2, 0.25) is 0 Å². The zero-order chi connectivity index (χ0) is 14.2. The molecular formula is C12H12F3NO3. The lowest BCUT2D eigenvalue weighted by Crippen LogP contribution is -2.49. The zero-order valence-corrected chi connectivity index (χ0v) is 9.78. The number of carbonyl (C=O) groups is 2. The van der Waals surface area contributed by atoms with Crippen LogP contribution in [0.1, 0.15) is 12.8 Å². The molecule has 0 radical (unpaired) electrons. The number of halogens is 3. The van der Waals surface area contributed by atoms with Crippen molar-refractivity contribution in [3.63, 3.8) is 0 Å². The van der Waals surface area contributed by atoms with Crippen LogP contribution < -0.4 is 5.32 Å². The number of nitrogens with one attached hydrogen (secondary N) is 1. The Morgan fingerprint density at radius 1 is 1.47 bits per heavy atom. The molecule has 2 N–H and O–H groups in total. The first kappa shape index (κ1) is 13.6. The lowest BCUT2D eigenvalue weighted by atomic mass is 9.79. The van der Waals surface area contributed by atoms with E-state index in [1.54, 1.807) is 0 Å². The monoisotopic (exact) mass is 275 g/mol. The highest BCUT2D eigenvalue weighted by Crippen LogP contribution is 2.35. The molecule has 1 fully saturated rings. The molecule has 0 aromatic carbocycles. The summed E-state index contributed by atoms with van der Waals surface area (Å²) in [6.07, 6.45) is -1.35. The molecular weight excluding hydrogens is 263 g/mol. The summed E-state index contributed by atoms with van der Waals surface area (Å²) in [5.74, 6) is -2.85. The molecule has 1 heterocycles. The minimum atomic E-state index is -4.43. The van der Waals surface area contributed by atoms with Crippen molar-refractivity contribution in [1.82, 2.24) is 5.32 Å². The van der Waals surface area contributed by atoms with Crippen LogP contribution >= 0.6 is 0 Å². The SMILES string of the molecule is O=C(O)CC1CC2C=C(C(F)(F)F)C=CC2NC1=O. The van der Waals surface area contributed by atoms with Crippen LogP contribution in [-0.4, -0.2) is 29.2 Å². The van der Waals surface area contributed by atoms with Crippen LogP contribution in [0.4, 0.5) is 13.2 Å². The first-order chi connectivity index (χ1) is 8.77. The van der Waals surface area contributed by atoms with Gasteiger partial charge in [0.15, 0.2) is 0 Å². The van der Waals surface area contributed by atoms with E-state index in [1.807, 2.05) is 0 Å². The fraction of sp³-hybridized carbons (Fsp3) is 0.500. The zero-order valence-electron chi connectivity index (χ0n) is 9.78. The molecule has 2 aliphatic rings. The van der Waals surface area contributed by atoms with Gasteiger partial charge in [-0.2, -0.15) is 13.2 Å². The van der Waals surface area contributed by atoms with Crippen molar-refractivity contribution in [3.8, 4) is 0 Å². The molecule has 2 rings (SSSR count). The van der Waals surface area contributed by atoms with E-state index in [0.29, 0.717) is 0 Å². The van der Waals surface area contributed by atoms with Gasteiger partial charge in [-0.05, 0) is 6.42 Å². The van der Waals surface area contributed by atoms with Crippen LogP contribution in [0, 0.1) is 11.8 Å². The molecule has 1 saturated heterocycles. The minimum absolute atomic E-state index is 0.118. The number of rotatable bonds is 2. The summed E-state index contributed by atoms with van der Waals surface area (Å²) in [7, 11) is 0. The van der Waals surface area contributed by atoms with Gasteiger partial charge in [0.25, 0.3) is 0 Å². The highest BCUT2D eigenvalue weighted by Gasteiger charge is 2.40. The number of hydrogen-bond acceptors (Lipinski definition) is 2.